The van der Waals surface area contributed by atoms with Gasteiger partial charge in [-0.3, -0.25) is 0 Å². The second-order valence-corrected chi connectivity index (χ2v) is 10.2. The Bertz CT molecular complexity index is 854. The number of hydrogen-bond acceptors (Lipinski definition) is 3. The van der Waals surface area contributed by atoms with E-state index in [2.05, 4.69) is 90.9 Å². The first-order valence-corrected chi connectivity index (χ1v) is 12.0. The molecule has 3 rings (SSSR count). The number of nitriles is 1. The summed E-state index contributed by atoms with van der Waals surface area (Å²) in [6.07, 6.45) is 2.92. The molecule has 0 spiro atoms. The van der Waals surface area contributed by atoms with E-state index in [-0.39, 0.29) is 0 Å². The number of oxime groups is 1. The van der Waals surface area contributed by atoms with E-state index in [1.807, 2.05) is 18.2 Å². The van der Waals surface area contributed by atoms with E-state index in [0.717, 1.165) is 34.1 Å². The van der Waals surface area contributed by atoms with Crippen molar-refractivity contribution in [2.75, 3.05) is 0 Å². The molecule has 0 aromatic heterocycles. The van der Waals surface area contributed by atoms with Crippen LogP contribution in [0.25, 0.3) is 0 Å². The SMILES string of the molecule is CCC/C(CCC#N)=N\O[Si](c1ccccc1)(c1ccccc1)c1ccccc1. The molecule has 0 aliphatic carbocycles. The van der Waals surface area contributed by atoms with Crippen LogP contribution in [-0.2, 0) is 4.53 Å². The van der Waals surface area contributed by atoms with E-state index in [0.29, 0.717) is 12.8 Å². The summed E-state index contributed by atoms with van der Waals surface area (Å²) in [5.74, 6) is 0. The quantitative estimate of drug-likeness (QED) is 0.235. The fraction of sp³-hybridized carbons (Fsp3) is 0.200. The molecule has 0 unspecified atom stereocenters. The lowest BCUT2D eigenvalue weighted by atomic mass is 10.1. The van der Waals surface area contributed by atoms with Gasteiger partial charge in [0.2, 0.25) is 0 Å². The highest BCUT2D eigenvalue weighted by Gasteiger charge is 2.44. The molecule has 3 aromatic carbocycles. The zero-order valence-electron chi connectivity index (χ0n) is 16.8. The lowest BCUT2D eigenvalue weighted by Crippen LogP contribution is -2.68. The zero-order chi connectivity index (χ0) is 20.4. The Labute approximate surface area is 174 Å². The van der Waals surface area contributed by atoms with Crippen LogP contribution in [0.4, 0.5) is 0 Å². The normalized spacial score (nSPS) is 11.7. The summed E-state index contributed by atoms with van der Waals surface area (Å²) in [7, 11) is -2.83. The molecule has 0 N–H and O–H groups in total. The molecule has 4 heteroatoms. The van der Waals surface area contributed by atoms with Gasteiger partial charge in [0.15, 0.2) is 0 Å². The Morgan fingerprint density at radius 3 is 1.62 bits per heavy atom. The summed E-state index contributed by atoms with van der Waals surface area (Å²) in [4.78, 5) is 0. The maximum Gasteiger partial charge on any atom is 0.380 e. The average Bonchev–Trinajstić information content (AvgIpc) is 2.80. The van der Waals surface area contributed by atoms with Gasteiger partial charge in [-0.15, -0.1) is 5.16 Å². The van der Waals surface area contributed by atoms with Crippen LogP contribution in [0.2, 0.25) is 0 Å². The maximum absolute atomic E-state index is 9.01. The van der Waals surface area contributed by atoms with Crippen LogP contribution in [0.1, 0.15) is 32.6 Å². The van der Waals surface area contributed by atoms with Crippen LogP contribution >= 0.6 is 0 Å². The molecule has 0 heterocycles. The molecular formula is C25H26N2OSi. The maximum atomic E-state index is 9.01. The third-order valence-corrected chi connectivity index (χ3v) is 8.72. The monoisotopic (exact) mass is 398 g/mol. The van der Waals surface area contributed by atoms with Gasteiger partial charge in [-0.2, -0.15) is 5.26 Å². The van der Waals surface area contributed by atoms with Gasteiger partial charge in [-0.25, -0.2) is 0 Å². The van der Waals surface area contributed by atoms with Crippen LogP contribution in [-0.4, -0.2) is 14.0 Å². The number of nitrogens with zero attached hydrogens (tertiary/aromatic N) is 2. The zero-order valence-corrected chi connectivity index (χ0v) is 17.8. The molecule has 0 amide bonds. The minimum Gasteiger partial charge on any atom is -0.438 e. The van der Waals surface area contributed by atoms with Crippen molar-refractivity contribution in [2.45, 2.75) is 32.6 Å². The molecule has 3 nitrogen and oxygen atoms in total. The largest absolute Gasteiger partial charge is 0.438 e. The van der Waals surface area contributed by atoms with Crippen LogP contribution in [0.5, 0.6) is 0 Å². The first-order valence-electron chi connectivity index (χ1n) is 10.1. The average molecular weight is 399 g/mol. The van der Waals surface area contributed by atoms with E-state index in [9.17, 15) is 0 Å². The van der Waals surface area contributed by atoms with E-state index < -0.39 is 8.32 Å². The van der Waals surface area contributed by atoms with Gasteiger partial charge in [0.05, 0.1) is 11.8 Å². The van der Waals surface area contributed by atoms with Crippen molar-refractivity contribution < 1.29 is 4.53 Å². The van der Waals surface area contributed by atoms with Gasteiger partial charge in [0.1, 0.15) is 0 Å². The predicted molar refractivity (Wildman–Crippen MR) is 122 cm³/mol. The first-order chi connectivity index (χ1) is 14.3. The number of benzene rings is 3. The van der Waals surface area contributed by atoms with Crippen molar-refractivity contribution in [3.8, 4) is 6.07 Å². The minimum atomic E-state index is -2.83. The van der Waals surface area contributed by atoms with Crippen LogP contribution in [0.15, 0.2) is 96.2 Å². The summed E-state index contributed by atoms with van der Waals surface area (Å²) >= 11 is 0. The molecule has 0 fully saturated rings. The van der Waals surface area contributed by atoms with Gasteiger partial charge < -0.3 is 4.53 Å². The summed E-state index contributed by atoms with van der Waals surface area (Å²) in [5.41, 5.74) is 0.953. The van der Waals surface area contributed by atoms with E-state index in [1.54, 1.807) is 0 Å². The molecule has 0 saturated heterocycles. The van der Waals surface area contributed by atoms with Crippen molar-refractivity contribution in [2.24, 2.45) is 5.16 Å². The Hall–Kier alpha value is -3.16. The number of hydrogen-bond donors (Lipinski definition) is 0. The van der Waals surface area contributed by atoms with E-state index >= 15 is 0 Å². The van der Waals surface area contributed by atoms with Gasteiger partial charge in [0, 0.05) is 12.8 Å². The highest BCUT2D eigenvalue weighted by Crippen LogP contribution is 2.12. The molecule has 146 valence electrons. The Kier molecular flexibility index (Phi) is 7.38. The molecule has 29 heavy (non-hydrogen) atoms. The molecule has 0 atom stereocenters. The molecule has 0 aliphatic heterocycles. The molecule has 3 aromatic rings. The molecule has 0 saturated carbocycles. The van der Waals surface area contributed by atoms with Crippen LogP contribution in [0.3, 0.4) is 0 Å². The summed E-state index contributed by atoms with van der Waals surface area (Å²) < 4.78 is 6.62. The Morgan fingerprint density at radius 2 is 1.24 bits per heavy atom. The Morgan fingerprint density at radius 1 is 0.793 bits per heavy atom. The van der Waals surface area contributed by atoms with Crippen LogP contribution in [0, 0.1) is 11.3 Å². The van der Waals surface area contributed by atoms with Crippen LogP contribution < -0.4 is 15.6 Å². The second-order valence-electron chi connectivity index (χ2n) is 6.94. The van der Waals surface area contributed by atoms with Crippen molar-refractivity contribution in [3.05, 3.63) is 91.0 Å². The third-order valence-electron chi connectivity index (χ3n) is 4.92. The fourth-order valence-electron chi connectivity index (χ4n) is 3.51. The van der Waals surface area contributed by atoms with Crippen molar-refractivity contribution >= 4 is 29.6 Å². The molecule has 0 bridgehead atoms. The number of rotatable bonds is 9. The first kappa shape index (κ1) is 20.6. The van der Waals surface area contributed by atoms with Gasteiger partial charge in [0.25, 0.3) is 0 Å². The summed E-state index contributed by atoms with van der Waals surface area (Å²) in [6.45, 7) is 2.12. The van der Waals surface area contributed by atoms with Gasteiger partial charge in [-0.05, 0) is 22.0 Å². The van der Waals surface area contributed by atoms with Crippen molar-refractivity contribution in [1.82, 2.24) is 0 Å². The van der Waals surface area contributed by atoms with Crippen molar-refractivity contribution in [3.63, 3.8) is 0 Å². The molecular weight excluding hydrogens is 372 g/mol. The summed E-state index contributed by atoms with van der Waals surface area (Å²) in [6, 6.07) is 33.4. The topological polar surface area (TPSA) is 45.4 Å². The standard InChI is InChI=1S/C25H26N2OSi/c1-2-13-22(14-12-21-26)27-28-29(23-15-6-3-7-16-23,24-17-8-4-9-18-24)25-19-10-5-11-20-25/h3-11,15-20H,2,12-14H2,1H3/b27-22+. The Balaban J connectivity index is 2.18. The van der Waals surface area contributed by atoms with Gasteiger partial charge >= 0.3 is 8.32 Å². The van der Waals surface area contributed by atoms with E-state index in [1.165, 1.54) is 0 Å². The second kappa shape index (κ2) is 10.4. The highest BCUT2D eigenvalue weighted by molar-refractivity contribution is 7.07. The summed E-state index contributed by atoms with van der Waals surface area (Å²) in [5, 5.41) is 17.1. The molecule has 0 aliphatic rings. The smallest absolute Gasteiger partial charge is 0.380 e. The van der Waals surface area contributed by atoms with Crippen molar-refractivity contribution in [1.29, 1.82) is 5.26 Å². The highest BCUT2D eigenvalue weighted by atomic mass is 28.4. The predicted octanol–water partition coefficient (Wildman–Crippen LogP) is 4.13. The fourth-order valence-corrected chi connectivity index (χ4v) is 7.08. The minimum absolute atomic E-state index is 0.457. The third kappa shape index (κ3) is 4.82. The lowest BCUT2D eigenvalue weighted by molar-refractivity contribution is 0.345. The van der Waals surface area contributed by atoms with Gasteiger partial charge in [-0.1, -0.05) is 104 Å². The molecule has 0 radical (unpaired) electrons. The van der Waals surface area contributed by atoms with E-state index in [4.69, 9.17) is 9.79 Å². The lowest BCUT2D eigenvalue weighted by Gasteiger charge is -2.30.